The van der Waals surface area contributed by atoms with E-state index in [-0.39, 0.29) is 16.9 Å². The lowest BCUT2D eigenvalue weighted by molar-refractivity contribution is -0.383. The number of carbonyl (C=O) groups is 3. The molecule has 0 saturated heterocycles. The number of nitro groups is 1. The SMILES string of the molecule is CC(OC(=O)c1ccc(Nc2ccccc2)c([N+](=O)[O-])c1)C(=O)NC(N)=O. The molecule has 4 N–H and O–H groups in total. The van der Waals surface area contributed by atoms with Crippen LogP contribution in [0.25, 0.3) is 0 Å². The quantitative estimate of drug-likeness (QED) is 0.398. The lowest BCUT2D eigenvalue weighted by atomic mass is 10.1. The van der Waals surface area contributed by atoms with Gasteiger partial charge in [-0.3, -0.25) is 20.2 Å². The summed E-state index contributed by atoms with van der Waals surface area (Å²) in [4.78, 5) is 45.0. The van der Waals surface area contributed by atoms with Gasteiger partial charge in [0.15, 0.2) is 6.10 Å². The number of nitrogens with two attached hydrogens (primary N) is 1. The van der Waals surface area contributed by atoms with E-state index in [1.165, 1.54) is 19.1 Å². The fourth-order valence-corrected chi connectivity index (χ4v) is 2.10. The number of nitrogens with one attached hydrogen (secondary N) is 2. The number of carbonyl (C=O) groups excluding carboxylic acids is 3. The highest BCUT2D eigenvalue weighted by atomic mass is 16.6. The molecular formula is C17H16N4O6. The topological polar surface area (TPSA) is 154 Å². The molecule has 0 radical (unpaired) electrons. The van der Waals surface area contributed by atoms with Gasteiger partial charge in [0.05, 0.1) is 10.5 Å². The number of para-hydroxylation sites is 1. The number of primary amides is 1. The summed E-state index contributed by atoms with van der Waals surface area (Å²) < 4.78 is 4.89. The molecule has 0 spiro atoms. The molecule has 2 aromatic carbocycles. The lowest BCUT2D eigenvalue weighted by Gasteiger charge is -2.12. The highest BCUT2D eigenvalue weighted by Gasteiger charge is 2.23. The normalized spacial score (nSPS) is 11.1. The van der Waals surface area contributed by atoms with Crippen LogP contribution in [-0.4, -0.2) is 28.9 Å². The van der Waals surface area contributed by atoms with Crippen molar-refractivity contribution in [3.8, 4) is 0 Å². The van der Waals surface area contributed by atoms with Crippen LogP contribution >= 0.6 is 0 Å². The van der Waals surface area contributed by atoms with Crippen LogP contribution in [0.3, 0.4) is 0 Å². The van der Waals surface area contributed by atoms with Crippen LogP contribution in [-0.2, 0) is 9.53 Å². The lowest BCUT2D eigenvalue weighted by Crippen LogP contribution is -2.42. The summed E-state index contributed by atoms with van der Waals surface area (Å²) in [5.74, 6) is -1.87. The minimum Gasteiger partial charge on any atom is -0.449 e. The summed E-state index contributed by atoms with van der Waals surface area (Å²) in [5, 5.41) is 16.0. The van der Waals surface area contributed by atoms with E-state index in [1.54, 1.807) is 35.6 Å². The van der Waals surface area contributed by atoms with Crippen molar-refractivity contribution in [2.75, 3.05) is 5.32 Å². The smallest absolute Gasteiger partial charge is 0.339 e. The predicted octanol–water partition coefficient (Wildman–Crippen LogP) is 2.08. The van der Waals surface area contributed by atoms with Crippen LogP contribution in [0, 0.1) is 10.1 Å². The summed E-state index contributed by atoms with van der Waals surface area (Å²) in [6, 6.07) is 11.4. The molecule has 3 amide bonds. The van der Waals surface area contributed by atoms with E-state index in [0.717, 1.165) is 6.07 Å². The zero-order chi connectivity index (χ0) is 20.0. The van der Waals surface area contributed by atoms with Crippen LogP contribution in [0.2, 0.25) is 0 Å². The van der Waals surface area contributed by atoms with Crippen molar-refractivity contribution in [2.45, 2.75) is 13.0 Å². The first-order chi connectivity index (χ1) is 12.8. The molecule has 0 bridgehead atoms. The van der Waals surface area contributed by atoms with Gasteiger partial charge < -0.3 is 15.8 Å². The van der Waals surface area contributed by atoms with Gasteiger partial charge in [0.25, 0.3) is 11.6 Å². The Morgan fingerprint density at radius 3 is 2.41 bits per heavy atom. The first-order valence-corrected chi connectivity index (χ1v) is 7.69. The minimum atomic E-state index is -1.31. The Morgan fingerprint density at radius 1 is 1.15 bits per heavy atom. The first kappa shape index (κ1) is 19.4. The van der Waals surface area contributed by atoms with Gasteiger partial charge in [-0.15, -0.1) is 0 Å². The third-order valence-corrected chi connectivity index (χ3v) is 3.38. The fourth-order valence-electron chi connectivity index (χ4n) is 2.10. The number of urea groups is 1. The Hall–Kier alpha value is -3.95. The number of nitrogens with zero attached hydrogens (tertiary/aromatic N) is 1. The molecule has 2 aromatic rings. The third-order valence-electron chi connectivity index (χ3n) is 3.38. The molecule has 0 saturated carbocycles. The zero-order valence-corrected chi connectivity index (χ0v) is 14.2. The second-order valence-electron chi connectivity index (χ2n) is 5.38. The molecule has 0 aromatic heterocycles. The molecule has 0 aliphatic rings. The molecule has 27 heavy (non-hydrogen) atoms. The van der Waals surface area contributed by atoms with E-state index < -0.39 is 28.9 Å². The average Bonchev–Trinajstić information content (AvgIpc) is 2.62. The summed E-state index contributed by atoms with van der Waals surface area (Å²) in [6.07, 6.45) is -1.31. The van der Waals surface area contributed by atoms with Gasteiger partial charge in [-0.25, -0.2) is 9.59 Å². The minimum absolute atomic E-state index is 0.126. The van der Waals surface area contributed by atoms with Gasteiger partial charge in [0, 0.05) is 11.8 Å². The van der Waals surface area contributed by atoms with E-state index >= 15 is 0 Å². The molecular weight excluding hydrogens is 356 g/mol. The van der Waals surface area contributed by atoms with Crippen LogP contribution in [0.15, 0.2) is 48.5 Å². The summed E-state index contributed by atoms with van der Waals surface area (Å²) >= 11 is 0. The number of ether oxygens (including phenoxy) is 1. The molecule has 10 heteroatoms. The van der Waals surface area contributed by atoms with Crippen LogP contribution < -0.4 is 16.4 Å². The van der Waals surface area contributed by atoms with Gasteiger partial charge in [0.2, 0.25) is 0 Å². The molecule has 0 heterocycles. The number of benzene rings is 2. The summed E-state index contributed by atoms with van der Waals surface area (Å²) in [7, 11) is 0. The van der Waals surface area contributed by atoms with E-state index in [4.69, 9.17) is 10.5 Å². The van der Waals surface area contributed by atoms with Crippen molar-refractivity contribution in [2.24, 2.45) is 5.73 Å². The molecule has 0 fully saturated rings. The Bertz CT molecular complexity index is 884. The van der Waals surface area contributed by atoms with Gasteiger partial charge in [0.1, 0.15) is 5.69 Å². The number of imide groups is 1. The fraction of sp³-hybridized carbons (Fsp3) is 0.118. The Labute approximate surface area is 153 Å². The summed E-state index contributed by atoms with van der Waals surface area (Å²) in [5.41, 5.74) is 5.16. The number of anilines is 2. The van der Waals surface area contributed by atoms with E-state index in [1.807, 2.05) is 0 Å². The van der Waals surface area contributed by atoms with Gasteiger partial charge in [-0.2, -0.15) is 0 Å². The van der Waals surface area contributed by atoms with Gasteiger partial charge >= 0.3 is 12.0 Å². The monoisotopic (exact) mass is 372 g/mol. The van der Waals surface area contributed by atoms with Crippen LogP contribution in [0.4, 0.5) is 21.9 Å². The summed E-state index contributed by atoms with van der Waals surface area (Å²) in [6.45, 7) is 1.23. The predicted molar refractivity (Wildman–Crippen MR) is 95.4 cm³/mol. The number of hydrogen-bond acceptors (Lipinski definition) is 7. The molecule has 10 nitrogen and oxygen atoms in total. The van der Waals surface area contributed by atoms with Crippen molar-refractivity contribution in [1.29, 1.82) is 0 Å². The van der Waals surface area contributed by atoms with Crippen molar-refractivity contribution >= 4 is 35.0 Å². The van der Waals surface area contributed by atoms with E-state index in [2.05, 4.69) is 5.32 Å². The number of amides is 3. The number of nitro benzene ring substituents is 1. The Balaban J connectivity index is 2.19. The van der Waals surface area contributed by atoms with E-state index in [0.29, 0.717) is 5.69 Å². The van der Waals surface area contributed by atoms with Crippen LogP contribution in [0.5, 0.6) is 0 Å². The number of hydrogen-bond donors (Lipinski definition) is 3. The standard InChI is InChI=1S/C17H16N4O6/c1-10(15(22)20-17(18)24)27-16(23)11-7-8-13(14(9-11)21(25)26)19-12-5-3-2-4-6-12/h2-10,19H,1H3,(H3,18,20,22,24). The third kappa shape index (κ3) is 5.26. The maximum absolute atomic E-state index is 12.1. The van der Waals surface area contributed by atoms with Gasteiger partial charge in [-0.1, -0.05) is 18.2 Å². The van der Waals surface area contributed by atoms with Gasteiger partial charge in [-0.05, 0) is 31.2 Å². The average molecular weight is 372 g/mol. The molecule has 0 aliphatic heterocycles. The maximum Gasteiger partial charge on any atom is 0.339 e. The molecule has 140 valence electrons. The first-order valence-electron chi connectivity index (χ1n) is 7.69. The largest absolute Gasteiger partial charge is 0.449 e. The molecule has 0 aliphatic carbocycles. The van der Waals surface area contributed by atoms with Crippen molar-refractivity contribution < 1.29 is 24.0 Å². The highest BCUT2D eigenvalue weighted by Crippen LogP contribution is 2.29. The Kier molecular flexibility index (Phi) is 6.05. The van der Waals surface area contributed by atoms with Crippen molar-refractivity contribution in [3.05, 3.63) is 64.2 Å². The molecule has 1 unspecified atom stereocenters. The van der Waals surface area contributed by atoms with Crippen molar-refractivity contribution in [1.82, 2.24) is 5.32 Å². The van der Waals surface area contributed by atoms with E-state index in [9.17, 15) is 24.5 Å². The van der Waals surface area contributed by atoms with Crippen molar-refractivity contribution in [3.63, 3.8) is 0 Å². The zero-order valence-electron chi connectivity index (χ0n) is 14.2. The molecule has 1 atom stereocenters. The second kappa shape index (κ2) is 8.43. The maximum atomic E-state index is 12.1. The molecule has 2 rings (SSSR count). The van der Waals surface area contributed by atoms with Crippen LogP contribution in [0.1, 0.15) is 17.3 Å². The highest BCUT2D eigenvalue weighted by molar-refractivity contribution is 5.98. The number of rotatable bonds is 6. The Morgan fingerprint density at radius 2 is 1.81 bits per heavy atom. The second-order valence-corrected chi connectivity index (χ2v) is 5.38. The number of esters is 1.